The molecule has 5 nitrogen and oxygen atoms in total. The molecule has 1 amide bonds. The van der Waals surface area contributed by atoms with E-state index in [4.69, 9.17) is 14.0 Å². The van der Waals surface area contributed by atoms with Crippen LogP contribution in [-0.4, -0.2) is 48.5 Å². The molecule has 2 rings (SSSR count). The average Bonchev–Trinajstić information content (AvgIpc) is 2.73. The summed E-state index contributed by atoms with van der Waals surface area (Å²) in [5.74, 6) is 0.400. The lowest BCUT2D eigenvalue weighted by Crippen LogP contribution is -2.40. The van der Waals surface area contributed by atoms with E-state index in [1.54, 1.807) is 4.90 Å². The SMILES string of the molecule is CC(C)C1OB(C2=CCN(C(=O)OC(C)(C)C)CC2)OC1(C)C. The summed E-state index contributed by atoms with van der Waals surface area (Å²) >= 11 is 0. The second kappa shape index (κ2) is 6.48. The molecule has 2 aliphatic heterocycles. The van der Waals surface area contributed by atoms with Crippen LogP contribution in [0.15, 0.2) is 11.5 Å². The van der Waals surface area contributed by atoms with E-state index in [2.05, 4.69) is 27.7 Å². The van der Waals surface area contributed by atoms with Crippen LogP contribution >= 0.6 is 0 Å². The second-order valence-corrected chi connectivity index (χ2v) is 8.31. The van der Waals surface area contributed by atoms with Gasteiger partial charge in [0.25, 0.3) is 0 Å². The molecule has 1 saturated heterocycles. The van der Waals surface area contributed by atoms with Crippen molar-refractivity contribution >= 4 is 13.2 Å². The lowest BCUT2D eigenvalue weighted by atomic mass is 9.75. The maximum absolute atomic E-state index is 12.1. The van der Waals surface area contributed by atoms with E-state index in [-0.39, 0.29) is 24.9 Å². The Morgan fingerprint density at radius 2 is 2.09 bits per heavy atom. The Labute approximate surface area is 140 Å². The van der Waals surface area contributed by atoms with Gasteiger partial charge in [-0.3, -0.25) is 0 Å². The molecule has 2 aliphatic rings. The maximum Gasteiger partial charge on any atom is 0.490 e. The van der Waals surface area contributed by atoms with Crippen molar-refractivity contribution in [2.75, 3.05) is 13.1 Å². The molecule has 0 bridgehead atoms. The van der Waals surface area contributed by atoms with Gasteiger partial charge in [-0.25, -0.2) is 4.79 Å². The predicted octanol–water partition coefficient (Wildman–Crippen LogP) is 3.43. The van der Waals surface area contributed by atoms with Crippen molar-refractivity contribution in [2.45, 2.75) is 72.2 Å². The quantitative estimate of drug-likeness (QED) is 0.731. The highest BCUT2D eigenvalue weighted by molar-refractivity contribution is 6.54. The molecule has 1 atom stereocenters. The van der Waals surface area contributed by atoms with Crippen LogP contribution in [0.5, 0.6) is 0 Å². The lowest BCUT2D eigenvalue weighted by Gasteiger charge is -2.30. The summed E-state index contributed by atoms with van der Waals surface area (Å²) in [6.07, 6.45) is 2.61. The van der Waals surface area contributed by atoms with E-state index in [9.17, 15) is 4.79 Å². The molecule has 6 heteroatoms. The smallest absolute Gasteiger partial charge is 0.444 e. The molecular weight excluding hydrogens is 293 g/mol. The zero-order chi connectivity index (χ0) is 17.4. The van der Waals surface area contributed by atoms with Crippen LogP contribution in [0.4, 0.5) is 4.79 Å². The zero-order valence-electron chi connectivity index (χ0n) is 15.5. The van der Waals surface area contributed by atoms with Crippen LogP contribution in [0.2, 0.25) is 0 Å². The van der Waals surface area contributed by atoms with E-state index >= 15 is 0 Å². The largest absolute Gasteiger partial charge is 0.490 e. The first-order valence-electron chi connectivity index (χ1n) is 8.50. The number of carbonyl (C=O) groups excluding carboxylic acids is 1. The molecule has 0 radical (unpaired) electrons. The maximum atomic E-state index is 12.1. The van der Waals surface area contributed by atoms with Crippen LogP contribution in [0, 0.1) is 5.92 Å². The normalized spacial score (nSPS) is 24.9. The molecule has 1 unspecified atom stereocenters. The van der Waals surface area contributed by atoms with Crippen molar-refractivity contribution in [3.63, 3.8) is 0 Å². The van der Waals surface area contributed by atoms with Gasteiger partial charge >= 0.3 is 13.2 Å². The number of ether oxygens (including phenoxy) is 1. The third kappa shape index (κ3) is 4.51. The summed E-state index contributed by atoms with van der Waals surface area (Å²) in [7, 11) is -0.293. The van der Waals surface area contributed by atoms with Gasteiger partial charge in [0.1, 0.15) is 5.60 Å². The topological polar surface area (TPSA) is 48.0 Å². The van der Waals surface area contributed by atoms with Crippen molar-refractivity contribution < 1.29 is 18.8 Å². The molecule has 0 aromatic carbocycles. The molecule has 0 aromatic heterocycles. The number of carbonyl (C=O) groups is 1. The molecule has 0 N–H and O–H groups in total. The van der Waals surface area contributed by atoms with Crippen molar-refractivity contribution in [1.82, 2.24) is 4.90 Å². The summed E-state index contributed by atoms with van der Waals surface area (Å²) in [5, 5.41) is 0. The minimum Gasteiger partial charge on any atom is -0.444 e. The average molecular weight is 323 g/mol. The predicted molar refractivity (Wildman–Crippen MR) is 91.1 cm³/mol. The Morgan fingerprint density at radius 3 is 2.52 bits per heavy atom. The molecule has 0 aliphatic carbocycles. The first-order valence-corrected chi connectivity index (χ1v) is 8.50. The minimum absolute atomic E-state index is 0.0808. The third-order valence-corrected chi connectivity index (χ3v) is 4.17. The highest BCUT2D eigenvalue weighted by Crippen LogP contribution is 2.35. The van der Waals surface area contributed by atoms with Crippen LogP contribution in [-0.2, 0) is 14.0 Å². The van der Waals surface area contributed by atoms with Crippen LogP contribution in [0.3, 0.4) is 0 Å². The fraction of sp³-hybridized carbons (Fsp3) is 0.824. The summed E-state index contributed by atoms with van der Waals surface area (Å²) < 4.78 is 17.7. The number of rotatable bonds is 2. The summed E-state index contributed by atoms with van der Waals surface area (Å²) in [6, 6.07) is 0. The molecule has 1 fully saturated rings. The minimum atomic E-state index is -0.465. The molecule has 0 spiro atoms. The van der Waals surface area contributed by atoms with Gasteiger partial charge in [0.15, 0.2) is 0 Å². The van der Waals surface area contributed by atoms with Gasteiger partial charge in [-0.15, -0.1) is 0 Å². The molecule has 2 heterocycles. The first-order chi connectivity index (χ1) is 10.5. The standard InChI is InChI=1S/C17H30BNO4/c1-12(2)14-17(6,7)23-18(22-14)13-8-10-19(11-9-13)15(20)21-16(3,4)5/h8,12,14H,9-11H2,1-7H3. The highest BCUT2D eigenvalue weighted by atomic mass is 16.7. The molecular formula is C17H30BNO4. The molecule has 0 saturated carbocycles. The van der Waals surface area contributed by atoms with Crippen LogP contribution in [0.25, 0.3) is 0 Å². The van der Waals surface area contributed by atoms with Gasteiger partial charge in [0.05, 0.1) is 11.7 Å². The van der Waals surface area contributed by atoms with Crippen LogP contribution in [0.1, 0.15) is 54.9 Å². The van der Waals surface area contributed by atoms with Gasteiger partial charge in [0, 0.05) is 13.1 Å². The van der Waals surface area contributed by atoms with E-state index < -0.39 is 5.60 Å². The van der Waals surface area contributed by atoms with Crippen LogP contribution < -0.4 is 0 Å². The van der Waals surface area contributed by atoms with E-state index in [0.717, 1.165) is 11.9 Å². The van der Waals surface area contributed by atoms with E-state index in [1.807, 2.05) is 26.8 Å². The van der Waals surface area contributed by atoms with Crippen molar-refractivity contribution in [3.8, 4) is 0 Å². The fourth-order valence-electron chi connectivity index (χ4n) is 3.18. The second-order valence-electron chi connectivity index (χ2n) is 8.31. The summed E-state index contributed by atoms with van der Waals surface area (Å²) in [4.78, 5) is 13.8. The lowest BCUT2D eigenvalue weighted by molar-refractivity contribution is 0.0266. The summed E-state index contributed by atoms with van der Waals surface area (Å²) in [6.45, 7) is 15.3. The fourth-order valence-corrected chi connectivity index (χ4v) is 3.18. The zero-order valence-corrected chi connectivity index (χ0v) is 15.5. The number of nitrogens with zero attached hydrogens (tertiary/aromatic N) is 1. The Morgan fingerprint density at radius 1 is 1.43 bits per heavy atom. The van der Waals surface area contributed by atoms with E-state index in [1.165, 1.54) is 0 Å². The number of hydrogen-bond donors (Lipinski definition) is 0. The molecule has 23 heavy (non-hydrogen) atoms. The van der Waals surface area contributed by atoms with Gasteiger partial charge in [-0.05, 0) is 52.4 Å². The highest BCUT2D eigenvalue weighted by Gasteiger charge is 2.48. The molecule has 130 valence electrons. The Hall–Kier alpha value is -1.01. The van der Waals surface area contributed by atoms with E-state index in [0.29, 0.717) is 19.0 Å². The Bertz CT molecular complexity index is 481. The third-order valence-electron chi connectivity index (χ3n) is 4.17. The Balaban J connectivity index is 1.96. The van der Waals surface area contributed by atoms with Gasteiger partial charge in [-0.2, -0.15) is 0 Å². The monoisotopic (exact) mass is 323 g/mol. The Kier molecular flexibility index (Phi) is 5.16. The number of amides is 1. The molecule has 0 aromatic rings. The van der Waals surface area contributed by atoms with Gasteiger partial charge in [-0.1, -0.05) is 19.9 Å². The van der Waals surface area contributed by atoms with Crippen molar-refractivity contribution in [3.05, 3.63) is 11.5 Å². The number of hydrogen-bond acceptors (Lipinski definition) is 4. The van der Waals surface area contributed by atoms with Gasteiger partial charge in [0.2, 0.25) is 0 Å². The van der Waals surface area contributed by atoms with Gasteiger partial charge < -0.3 is 18.9 Å². The van der Waals surface area contributed by atoms with Crippen molar-refractivity contribution in [1.29, 1.82) is 0 Å². The first kappa shape index (κ1) is 18.3. The van der Waals surface area contributed by atoms with Crippen molar-refractivity contribution in [2.24, 2.45) is 5.92 Å². The summed E-state index contributed by atoms with van der Waals surface area (Å²) in [5.41, 5.74) is 0.371.